The number of rotatable bonds is 8. The Labute approximate surface area is 486 Å². The topological polar surface area (TPSA) is 37.7 Å². The van der Waals surface area contributed by atoms with Crippen LogP contribution in [0.5, 0.6) is 0 Å². The van der Waals surface area contributed by atoms with E-state index >= 15 is 0 Å². The molecule has 0 bridgehead atoms. The predicted molar refractivity (Wildman–Crippen MR) is 355 cm³/mol. The molecule has 2 aliphatic heterocycles. The summed E-state index contributed by atoms with van der Waals surface area (Å²) in [6.07, 6.45) is 8.32. The maximum Gasteiger partial charge on any atom is 0.252 e. The molecular weight excluding hydrogens is 1010 g/mol. The summed E-state index contributed by atoms with van der Waals surface area (Å²) in [6.45, 7) is 33.8. The highest BCUT2D eigenvalue weighted by Gasteiger charge is 2.45. The largest absolute Gasteiger partial charge is 0.455 e. The molecule has 0 saturated heterocycles. The first kappa shape index (κ1) is 51.6. The van der Waals surface area contributed by atoms with E-state index in [9.17, 15) is 0 Å². The zero-order chi connectivity index (χ0) is 57.4. The number of para-hydroxylation sites is 4. The summed E-state index contributed by atoms with van der Waals surface area (Å²) in [5.41, 5.74) is 27.0. The second kappa shape index (κ2) is 19.0. The third-order valence-electron chi connectivity index (χ3n) is 17.5. The van der Waals surface area contributed by atoms with Crippen molar-refractivity contribution in [3.8, 4) is 16.8 Å². The number of fused-ring (bicyclic) bond motifs is 9. The van der Waals surface area contributed by atoms with Crippen molar-refractivity contribution in [3.63, 3.8) is 0 Å². The van der Waals surface area contributed by atoms with Gasteiger partial charge in [0.25, 0.3) is 6.71 Å². The van der Waals surface area contributed by atoms with Gasteiger partial charge in [0.15, 0.2) is 0 Å². The van der Waals surface area contributed by atoms with Crippen LogP contribution in [0.25, 0.3) is 84.9 Å². The van der Waals surface area contributed by atoms with Gasteiger partial charge in [0.05, 0.1) is 16.9 Å². The predicted octanol–water partition coefficient (Wildman–Crippen LogP) is 17.7. The number of furan rings is 2. The van der Waals surface area contributed by atoms with Gasteiger partial charge in [-0.05, 0) is 160 Å². The zero-order valence-corrected chi connectivity index (χ0v) is 48.9. The van der Waals surface area contributed by atoms with Crippen LogP contribution in [0, 0.1) is 13.8 Å². The Morgan fingerprint density at radius 2 is 1.19 bits per heavy atom. The lowest BCUT2D eigenvalue weighted by atomic mass is 9.33. The summed E-state index contributed by atoms with van der Waals surface area (Å²) in [7, 11) is 0. The third kappa shape index (κ3) is 7.98. The van der Waals surface area contributed by atoms with Crippen molar-refractivity contribution in [1.82, 2.24) is 4.57 Å². The highest BCUT2D eigenvalue weighted by Crippen LogP contribution is 2.50. The number of anilines is 6. The smallest absolute Gasteiger partial charge is 0.252 e. The van der Waals surface area contributed by atoms with Crippen LogP contribution in [0.3, 0.4) is 0 Å². The summed E-state index contributed by atoms with van der Waals surface area (Å²) in [5, 5.41) is 5.27. The molecule has 12 aromatic rings. The van der Waals surface area contributed by atoms with Crippen molar-refractivity contribution >= 4 is 125 Å². The molecule has 0 fully saturated rings. The number of hydrogen-bond acceptors (Lipinski definition) is 4. The first-order chi connectivity index (χ1) is 40.1. The molecule has 0 saturated carbocycles. The monoisotopic (exact) mass is 1080 g/mol. The van der Waals surface area contributed by atoms with E-state index in [1.807, 2.05) is 36.4 Å². The van der Waals surface area contributed by atoms with Crippen LogP contribution < -0.4 is 36.8 Å². The lowest BCUT2D eigenvalue weighted by Gasteiger charge is -2.46. The first-order valence-electron chi connectivity index (χ1n) is 29.0. The van der Waals surface area contributed by atoms with Crippen molar-refractivity contribution in [2.24, 2.45) is 0 Å². The van der Waals surface area contributed by atoms with E-state index in [2.05, 4.69) is 260 Å². The number of allylic oxidation sites excluding steroid dienone is 2. The van der Waals surface area contributed by atoms with E-state index in [4.69, 9.17) is 8.83 Å². The van der Waals surface area contributed by atoms with Crippen molar-refractivity contribution in [3.05, 3.63) is 251 Å². The first-order valence-corrected chi connectivity index (χ1v) is 29.0. The third-order valence-corrected chi connectivity index (χ3v) is 17.5. The molecule has 404 valence electrons. The molecule has 5 nitrogen and oxygen atoms in total. The fourth-order valence-corrected chi connectivity index (χ4v) is 13.5. The molecule has 0 unspecified atom stereocenters. The minimum Gasteiger partial charge on any atom is -0.455 e. The maximum absolute atomic E-state index is 6.67. The summed E-state index contributed by atoms with van der Waals surface area (Å²) < 4.78 is 15.6. The van der Waals surface area contributed by atoms with Crippen LogP contribution in [0.4, 0.5) is 34.1 Å². The van der Waals surface area contributed by atoms with Crippen molar-refractivity contribution in [1.29, 1.82) is 0 Å². The van der Waals surface area contributed by atoms with Gasteiger partial charge < -0.3 is 23.2 Å². The SMILES string of the molecule is C=C/C(c1ccc(N2c3cc4c(cc3B3c5cc(C(C)(C)C)ccc5N(c5c(C)cc(-c6cccc7c6oc6ccccc67)cc5C)c5cc(C(C)(C)C)cc2c53)c(/C=C\C)c(C=C)n4-c2ccccc2)cc1)=c1/oc2ccccc2c1=C. The van der Waals surface area contributed by atoms with E-state index in [1.54, 1.807) is 0 Å². The Balaban J connectivity index is 1.07. The Hall–Kier alpha value is -9.52. The minimum atomic E-state index is -0.226. The van der Waals surface area contributed by atoms with Crippen LogP contribution in [0.1, 0.15) is 87.5 Å². The lowest BCUT2D eigenvalue weighted by molar-refractivity contribution is 0.573. The molecule has 0 N–H and O–H groups in total. The van der Waals surface area contributed by atoms with Gasteiger partial charge in [0, 0.05) is 77.6 Å². The van der Waals surface area contributed by atoms with E-state index < -0.39 is 0 Å². The summed E-state index contributed by atoms with van der Waals surface area (Å²) in [4.78, 5) is 5.15. The van der Waals surface area contributed by atoms with Gasteiger partial charge in [0.2, 0.25) is 0 Å². The van der Waals surface area contributed by atoms with E-state index in [0.717, 1.165) is 105 Å². The fourth-order valence-electron chi connectivity index (χ4n) is 13.5. The van der Waals surface area contributed by atoms with Crippen molar-refractivity contribution in [2.75, 3.05) is 9.80 Å². The molecule has 5 heterocycles. The molecule has 6 heteroatoms. The number of aryl methyl sites for hydroxylation is 2. The van der Waals surface area contributed by atoms with Crippen LogP contribution in [-0.2, 0) is 10.8 Å². The fraction of sp³-hybridized carbons (Fsp3) is 0.143. The van der Waals surface area contributed by atoms with Gasteiger partial charge in [-0.15, -0.1) is 0 Å². The van der Waals surface area contributed by atoms with Gasteiger partial charge in [0.1, 0.15) is 22.2 Å². The molecule has 0 radical (unpaired) electrons. The Morgan fingerprint density at radius 3 is 1.86 bits per heavy atom. The van der Waals surface area contributed by atoms with E-state index in [0.29, 0.717) is 0 Å². The molecular formula is C77H66BN3O2. The van der Waals surface area contributed by atoms with Crippen LogP contribution >= 0.6 is 0 Å². The highest BCUT2D eigenvalue weighted by molar-refractivity contribution is 7.00. The van der Waals surface area contributed by atoms with Gasteiger partial charge in [-0.1, -0.05) is 183 Å². The number of benzene rings is 9. The Kier molecular flexibility index (Phi) is 11.8. The molecule has 0 spiro atoms. The molecule has 9 aromatic carbocycles. The van der Waals surface area contributed by atoms with E-state index in [-0.39, 0.29) is 17.5 Å². The van der Waals surface area contributed by atoms with Crippen LogP contribution in [0.2, 0.25) is 0 Å². The number of hydrogen-bond donors (Lipinski definition) is 0. The number of nitrogens with zero attached hydrogens (tertiary/aromatic N) is 3. The zero-order valence-electron chi connectivity index (χ0n) is 48.9. The molecule has 0 amide bonds. The standard InChI is InChI=1S/C77H66BN3O2/c1-13-24-58-61-44-63-67(45-66(61)79(64(58)15-3)53-25-17-16-18-26-53)80(54-36-33-49(34-37-54)55(14-2)74-48(6)56-27-19-21-31-70(56)82-74)68-42-52(77(10,11)12)43-69-72(68)78(63)62-41-51(76(7,8)9)35-38-65(62)81(69)73-46(4)39-50(40-47(73)5)57-29-23-30-60-59-28-20-22-32-71(59)83-75(57)60/h13-45H,2-3,6H2,1,4-5,7-12H3/b24-13-,74-55-. The van der Waals surface area contributed by atoms with Gasteiger partial charge in [-0.25, -0.2) is 0 Å². The summed E-state index contributed by atoms with van der Waals surface area (Å²) >= 11 is 0. The van der Waals surface area contributed by atoms with Gasteiger partial charge in [-0.3, -0.25) is 0 Å². The van der Waals surface area contributed by atoms with Gasteiger partial charge in [-0.2, -0.15) is 0 Å². The normalized spacial score (nSPS) is 13.6. The average molecular weight is 1080 g/mol. The van der Waals surface area contributed by atoms with Gasteiger partial charge >= 0.3 is 0 Å². The van der Waals surface area contributed by atoms with Crippen molar-refractivity contribution < 1.29 is 8.83 Å². The molecule has 3 aromatic heterocycles. The molecule has 14 rings (SSSR count). The minimum absolute atomic E-state index is 0.122. The van der Waals surface area contributed by atoms with Crippen LogP contribution in [-0.4, -0.2) is 11.3 Å². The quantitative estimate of drug-likeness (QED) is 0.142. The average Bonchev–Trinajstić information content (AvgIpc) is 2.51. The molecule has 83 heavy (non-hydrogen) atoms. The highest BCUT2D eigenvalue weighted by atomic mass is 16.3. The summed E-state index contributed by atoms with van der Waals surface area (Å²) in [5.74, 6) is 0. The Morgan fingerprint density at radius 1 is 0.554 bits per heavy atom. The molecule has 2 aliphatic rings. The second-order valence-corrected chi connectivity index (χ2v) is 24.7. The summed E-state index contributed by atoms with van der Waals surface area (Å²) in [6, 6.07) is 64.7. The second-order valence-electron chi connectivity index (χ2n) is 24.7. The van der Waals surface area contributed by atoms with Crippen LogP contribution in [0.15, 0.2) is 210 Å². The molecule has 0 aliphatic carbocycles. The lowest BCUT2D eigenvalue weighted by Crippen LogP contribution is -2.61. The maximum atomic E-state index is 6.67. The van der Waals surface area contributed by atoms with Crippen molar-refractivity contribution in [2.45, 2.75) is 73.1 Å². The molecule has 0 atom stereocenters. The Bertz CT molecular complexity index is 4840. The van der Waals surface area contributed by atoms with E-state index in [1.165, 1.54) is 61.1 Å². The number of aromatic nitrogens is 1.